The number of nitro groups is 1. The number of rotatable bonds is 5. The minimum absolute atomic E-state index is 0.278. The molecule has 5 heteroatoms. The van der Waals surface area contributed by atoms with Crippen molar-refractivity contribution in [3.05, 3.63) is 45.0 Å². The number of ether oxygens (including phenoxy) is 1. The van der Waals surface area contributed by atoms with Crippen molar-refractivity contribution in [3.63, 3.8) is 0 Å². The maximum atomic E-state index is 11.6. The molecule has 0 spiro atoms. The van der Waals surface area contributed by atoms with Crippen LogP contribution in [0.3, 0.4) is 0 Å². The van der Waals surface area contributed by atoms with Gasteiger partial charge in [0.2, 0.25) is 6.54 Å². The summed E-state index contributed by atoms with van der Waals surface area (Å²) >= 11 is 0. The van der Waals surface area contributed by atoms with Crippen LogP contribution in [0, 0.1) is 29.9 Å². The molecular formula is C14H19NO4. The van der Waals surface area contributed by atoms with E-state index in [2.05, 4.69) is 0 Å². The Bertz CT molecular complexity index is 484. The van der Waals surface area contributed by atoms with E-state index in [4.69, 9.17) is 4.74 Å². The molecule has 1 aromatic carbocycles. The molecular weight excluding hydrogens is 246 g/mol. The number of methoxy groups -OCH3 is 1. The van der Waals surface area contributed by atoms with E-state index >= 15 is 0 Å². The predicted molar refractivity (Wildman–Crippen MR) is 71.7 cm³/mol. The molecule has 104 valence electrons. The Morgan fingerprint density at radius 3 is 2.53 bits per heavy atom. The molecule has 0 radical (unpaired) electrons. The highest BCUT2D eigenvalue weighted by Crippen LogP contribution is 2.29. The van der Waals surface area contributed by atoms with E-state index in [9.17, 15) is 14.9 Å². The van der Waals surface area contributed by atoms with E-state index in [1.165, 1.54) is 7.11 Å². The molecule has 5 nitrogen and oxygen atoms in total. The monoisotopic (exact) mass is 265 g/mol. The number of aryl methyl sites for hydroxylation is 2. The minimum atomic E-state index is -0.545. The molecule has 0 heterocycles. The largest absolute Gasteiger partial charge is 0.469 e. The molecule has 0 N–H and O–H groups in total. The van der Waals surface area contributed by atoms with Crippen molar-refractivity contribution >= 4 is 5.97 Å². The van der Waals surface area contributed by atoms with Crippen molar-refractivity contribution in [2.75, 3.05) is 13.7 Å². The average molecular weight is 265 g/mol. The fourth-order valence-electron chi connectivity index (χ4n) is 2.28. The van der Waals surface area contributed by atoms with Crippen LogP contribution in [0.2, 0.25) is 0 Å². The van der Waals surface area contributed by atoms with Gasteiger partial charge in [0, 0.05) is 4.92 Å². The molecule has 0 aliphatic carbocycles. The van der Waals surface area contributed by atoms with Gasteiger partial charge in [-0.1, -0.05) is 30.7 Å². The molecule has 0 aromatic heterocycles. The maximum absolute atomic E-state index is 11.6. The Morgan fingerprint density at radius 1 is 1.42 bits per heavy atom. The normalized spacial score (nSPS) is 13.7. The Labute approximate surface area is 112 Å². The van der Waals surface area contributed by atoms with Gasteiger partial charge in [0.05, 0.1) is 18.9 Å². The van der Waals surface area contributed by atoms with Crippen molar-refractivity contribution in [2.24, 2.45) is 5.92 Å². The lowest BCUT2D eigenvalue weighted by atomic mass is 9.84. The molecule has 0 aliphatic heterocycles. The van der Waals surface area contributed by atoms with Crippen LogP contribution < -0.4 is 0 Å². The maximum Gasteiger partial charge on any atom is 0.309 e. The SMILES string of the molecule is COC(=O)C(C)[C@@H](C[N+](=O)[O-])c1ccc(C)cc1C. The predicted octanol–water partition coefficient (Wildman–Crippen LogP) is 2.47. The summed E-state index contributed by atoms with van der Waals surface area (Å²) in [5.41, 5.74) is 2.88. The van der Waals surface area contributed by atoms with E-state index in [1.807, 2.05) is 32.0 Å². The summed E-state index contributed by atoms with van der Waals surface area (Å²) in [7, 11) is 1.30. The van der Waals surface area contributed by atoms with Crippen molar-refractivity contribution in [2.45, 2.75) is 26.7 Å². The molecule has 0 amide bonds. The van der Waals surface area contributed by atoms with Gasteiger partial charge in [-0.15, -0.1) is 0 Å². The van der Waals surface area contributed by atoms with Crippen LogP contribution >= 0.6 is 0 Å². The second kappa shape index (κ2) is 6.31. The number of carbonyl (C=O) groups excluding carboxylic acids is 1. The molecule has 0 saturated heterocycles. The summed E-state index contributed by atoms with van der Waals surface area (Å²) in [5.74, 6) is -1.44. The Balaban J connectivity index is 3.15. The first-order valence-electron chi connectivity index (χ1n) is 6.13. The lowest BCUT2D eigenvalue weighted by molar-refractivity contribution is -0.484. The van der Waals surface area contributed by atoms with Crippen LogP contribution in [0.15, 0.2) is 18.2 Å². The van der Waals surface area contributed by atoms with Crippen molar-refractivity contribution in [1.82, 2.24) is 0 Å². The zero-order valence-electron chi connectivity index (χ0n) is 11.7. The van der Waals surface area contributed by atoms with Gasteiger partial charge in [0.15, 0.2) is 0 Å². The van der Waals surface area contributed by atoms with Gasteiger partial charge in [-0.25, -0.2) is 0 Å². The number of esters is 1. The fraction of sp³-hybridized carbons (Fsp3) is 0.500. The number of carbonyl (C=O) groups is 1. The highest BCUT2D eigenvalue weighted by molar-refractivity contribution is 5.73. The van der Waals surface area contributed by atoms with Crippen LogP contribution in [0.1, 0.15) is 29.5 Å². The van der Waals surface area contributed by atoms with E-state index in [1.54, 1.807) is 6.92 Å². The summed E-state index contributed by atoms with van der Waals surface area (Å²) in [6, 6.07) is 5.73. The molecule has 1 aromatic rings. The number of hydrogen-bond donors (Lipinski definition) is 0. The quantitative estimate of drug-likeness (QED) is 0.466. The van der Waals surface area contributed by atoms with Crippen LogP contribution in [0.5, 0.6) is 0 Å². The average Bonchev–Trinajstić information content (AvgIpc) is 2.34. The molecule has 0 fully saturated rings. The summed E-state index contributed by atoms with van der Waals surface area (Å²) < 4.78 is 4.70. The minimum Gasteiger partial charge on any atom is -0.469 e. The number of hydrogen-bond acceptors (Lipinski definition) is 4. The van der Waals surface area contributed by atoms with Gasteiger partial charge in [0.1, 0.15) is 0 Å². The standard InChI is InChI=1S/C14H19NO4/c1-9-5-6-12(10(2)7-9)13(8-15(17)18)11(3)14(16)19-4/h5-7,11,13H,8H2,1-4H3/t11?,13-/m1/s1. The fourth-order valence-corrected chi connectivity index (χ4v) is 2.28. The van der Waals surface area contributed by atoms with Crippen LogP contribution in [0.4, 0.5) is 0 Å². The summed E-state index contributed by atoms with van der Waals surface area (Å²) in [5, 5.41) is 10.8. The van der Waals surface area contributed by atoms with Crippen molar-refractivity contribution in [1.29, 1.82) is 0 Å². The molecule has 0 saturated carbocycles. The molecule has 19 heavy (non-hydrogen) atoms. The van der Waals surface area contributed by atoms with Crippen molar-refractivity contribution in [3.8, 4) is 0 Å². The highest BCUT2D eigenvalue weighted by atomic mass is 16.6. The zero-order valence-corrected chi connectivity index (χ0v) is 11.7. The summed E-state index contributed by atoms with van der Waals surface area (Å²) in [6.07, 6.45) is 0. The van der Waals surface area contributed by atoms with E-state index in [0.29, 0.717) is 0 Å². The van der Waals surface area contributed by atoms with Gasteiger partial charge in [-0.2, -0.15) is 0 Å². The first-order valence-corrected chi connectivity index (χ1v) is 6.13. The van der Waals surface area contributed by atoms with E-state index in [-0.39, 0.29) is 11.5 Å². The second-order valence-electron chi connectivity index (χ2n) is 4.79. The first-order chi connectivity index (χ1) is 8.86. The molecule has 0 aliphatic rings. The first kappa shape index (κ1) is 15.1. The Morgan fingerprint density at radius 2 is 2.05 bits per heavy atom. The van der Waals surface area contributed by atoms with Crippen LogP contribution in [-0.2, 0) is 9.53 Å². The molecule has 1 unspecified atom stereocenters. The van der Waals surface area contributed by atoms with Gasteiger partial charge >= 0.3 is 5.97 Å². The zero-order chi connectivity index (χ0) is 14.6. The topological polar surface area (TPSA) is 69.4 Å². The number of nitrogens with zero attached hydrogens (tertiary/aromatic N) is 1. The Hall–Kier alpha value is -1.91. The van der Waals surface area contributed by atoms with Gasteiger partial charge < -0.3 is 4.74 Å². The lowest BCUT2D eigenvalue weighted by Gasteiger charge is -2.21. The van der Waals surface area contributed by atoms with Crippen molar-refractivity contribution < 1.29 is 14.5 Å². The lowest BCUT2D eigenvalue weighted by Crippen LogP contribution is -2.27. The second-order valence-corrected chi connectivity index (χ2v) is 4.79. The third-order valence-electron chi connectivity index (χ3n) is 3.35. The smallest absolute Gasteiger partial charge is 0.309 e. The van der Waals surface area contributed by atoms with Crippen LogP contribution in [-0.4, -0.2) is 24.5 Å². The summed E-state index contributed by atoms with van der Waals surface area (Å²) in [4.78, 5) is 22.1. The Kier molecular flexibility index (Phi) is 5.03. The molecule has 2 atom stereocenters. The van der Waals surface area contributed by atoms with Crippen LogP contribution in [0.25, 0.3) is 0 Å². The van der Waals surface area contributed by atoms with Gasteiger partial charge in [-0.3, -0.25) is 14.9 Å². The van der Waals surface area contributed by atoms with E-state index in [0.717, 1.165) is 16.7 Å². The third-order valence-corrected chi connectivity index (χ3v) is 3.35. The van der Waals surface area contributed by atoms with E-state index < -0.39 is 17.8 Å². The third kappa shape index (κ3) is 3.77. The van der Waals surface area contributed by atoms with Gasteiger partial charge in [-0.05, 0) is 25.0 Å². The molecule has 1 rings (SSSR count). The van der Waals surface area contributed by atoms with Gasteiger partial charge in [0.25, 0.3) is 0 Å². The highest BCUT2D eigenvalue weighted by Gasteiger charge is 2.31. The summed E-state index contributed by atoms with van der Waals surface area (Å²) in [6.45, 7) is 5.25. The molecule has 0 bridgehead atoms. The number of benzene rings is 1.